The molecule has 1 aliphatic rings. The minimum atomic E-state index is -0.226. The summed E-state index contributed by atoms with van der Waals surface area (Å²) in [6, 6.07) is 19.1. The van der Waals surface area contributed by atoms with E-state index in [4.69, 9.17) is 9.47 Å². The molecule has 0 aliphatic carbocycles. The van der Waals surface area contributed by atoms with Crippen LogP contribution in [-0.4, -0.2) is 37.7 Å². The average molecular weight is 365 g/mol. The molecule has 0 unspecified atom stereocenters. The summed E-state index contributed by atoms with van der Waals surface area (Å²) in [6.07, 6.45) is 0.931. The van der Waals surface area contributed by atoms with Crippen LogP contribution in [0.15, 0.2) is 60.7 Å². The van der Waals surface area contributed by atoms with Crippen molar-refractivity contribution in [2.45, 2.75) is 13.0 Å². The minimum Gasteiger partial charge on any atom is -0.489 e. The van der Waals surface area contributed by atoms with E-state index in [1.54, 1.807) is 12.1 Å². The van der Waals surface area contributed by atoms with Crippen molar-refractivity contribution in [2.24, 2.45) is 0 Å². The molecule has 1 aliphatic heterocycles. The summed E-state index contributed by atoms with van der Waals surface area (Å²) < 4.78 is 24.7. The third-order valence-corrected chi connectivity index (χ3v) is 5.09. The second-order valence-corrected chi connectivity index (χ2v) is 6.88. The van der Waals surface area contributed by atoms with Gasteiger partial charge >= 0.3 is 0 Å². The van der Waals surface area contributed by atoms with Crippen LogP contribution in [-0.2, 0) is 17.8 Å². The summed E-state index contributed by atoms with van der Waals surface area (Å²) >= 11 is 0. The molecule has 4 heteroatoms. The van der Waals surface area contributed by atoms with Crippen LogP contribution in [0, 0.1) is 5.82 Å². The van der Waals surface area contributed by atoms with Gasteiger partial charge in [-0.05, 0) is 41.0 Å². The van der Waals surface area contributed by atoms with Crippen LogP contribution < -0.4 is 4.74 Å². The normalized spacial score (nSPS) is 15.1. The van der Waals surface area contributed by atoms with Crippen LogP contribution in [0.3, 0.4) is 0 Å². The lowest BCUT2D eigenvalue weighted by atomic mass is 10.0. The molecule has 0 aromatic heterocycles. The summed E-state index contributed by atoms with van der Waals surface area (Å²) in [6.45, 7) is 5.01. The molecule has 0 saturated carbocycles. The smallest absolute Gasteiger partial charge is 0.123 e. The number of hydrogen-bond donors (Lipinski definition) is 0. The zero-order valence-electron chi connectivity index (χ0n) is 15.4. The number of morpholine rings is 1. The third kappa shape index (κ3) is 4.46. The molecule has 1 saturated heterocycles. The van der Waals surface area contributed by atoms with Crippen molar-refractivity contribution in [2.75, 3.05) is 32.8 Å². The van der Waals surface area contributed by atoms with Crippen molar-refractivity contribution in [1.82, 2.24) is 4.90 Å². The van der Waals surface area contributed by atoms with Crippen LogP contribution in [0.2, 0.25) is 0 Å². The summed E-state index contributed by atoms with van der Waals surface area (Å²) in [5.74, 6) is 0.682. The van der Waals surface area contributed by atoms with E-state index in [2.05, 4.69) is 41.3 Å². The first-order valence-electron chi connectivity index (χ1n) is 9.47. The average Bonchev–Trinajstić information content (AvgIpc) is 2.73. The van der Waals surface area contributed by atoms with E-state index >= 15 is 0 Å². The molecule has 3 aromatic rings. The number of hydrogen-bond acceptors (Lipinski definition) is 3. The first-order valence-corrected chi connectivity index (χ1v) is 9.47. The monoisotopic (exact) mass is 365 g/mol. The Morgan fingerprint density at radius 3 is 2.52 bits per heavy atom. The molecule has 0 radical (unpaired) electrons. The quantitative estimate of drug-likeness (QED) is 0.645. The van der Waals surface area contributed by atoms with Gasteiger partial charge in [0.15, 0.2) is 0 Å². The maximum absolute atomic E-state index is 13.1. The van der Waals surface area contributed by atoms with Crippen molar-refractivity contribution in [1.29, 1.82) is 0 Å². The highest BCUT2D eigenvalue weighted by Gasteiger charge is 2.14. The maximum atomic E-state index is 13.1. The van der Waals surface area contributed by atoms with Crippen LogP contribution in [0.25, 0.3) is 10.8 Å². The van der Waals surface area contributed by atoms with Gasteiger partial charge in [0.2, 0.25) is 0 Å². The maximum Gasteiger partial charge on any atom is 0.123 e. The van der Waals surface area contributed by atoms with E-state index in [0.29, 0.717) is 6.61 Å². The van der Waals surface area contributed by atoms with Gasteiger partial charge in [0, 0.05) is 25.2 Å². The molecule has 4 rings (SSSR count). The van der Waals surface area contributed by atoms with Gasteiger partial charge in [0.05, 0.1) is 13.2 Å². The molecular formula is C23H24FNO2. The molecule has 0 spiro atoms. The number of nitrogens with zero attached hydrogens (tertiary/aromatic N) is 1. The van der Waals surface area contributed by atoms with Gasteiger partial charge in [0.25, 0.3) is 0 Å². The fraction of sp³-hybridized carbons (Fsp3) is 0.304. The van der Waals surface area contributed by atoms with Crippen molar-refractivity contribution in [3.05, 3.63) is 77.6 Å². The zero-order valence-corrected chi connectivity index (χ0v) is 15.4. The summed E-state index contributed by atoms with van der Waals surface area (Å²) in [5.41, 5.74) is 2.20. The minimum absolute atomic E-state index is 0.226. The Morgan fingerprint density at radius 1 is 0.926 bits per heavy atom. The van der Waals surface area contributed by atoms with Crippen LogP contribution in [0.1, 0.15) is 11.1 Å². The Morgan fingerprint density at radius 2 is 1.70 bits per heavy atom. The highest BCUT2D eigenvalue weighted by Crippen LogP contribution is 2.29. The van der Waals surface area contributed by atoms with Crippen molar-refractivity contribution in [3.63, 3.8) is 0 Å². The Labute approximate surface area is 159 Å². The molecule has 0 atom stereocenters. The van der Waals surface area contributed by atoms with Crippen LogP contribution in [0.5, 0.6) is 5.75 Å². The fourth-order valence-corrected chi connectivity index (χ4v) is 3.55. The highest BCUT2D eigenvalue weighted by atomic mass is 19.1. The largest absolute Gasteiger partial charge is 0.489 e. The Hall–Kier alpha value is -2.43. The SMILES string of the molecule is Fc1ccc(COc2ccc3ccccc3c2CCN2CCOCC2)cc1. The van der Waals surface area contributed by atoms with Crippen LogP contribution in [0.4, 0.5) is 4.39 Å². The number of halogens is 1. The zero-order chi connectivity index (χ0) is 18.5. The number of ether oxygens (including phenoxy) is 2. The fourth-order valence-electron chi connectivity index (χ4n) is 3.55. The second-order valence-electron chi connectivity index (χ2n) is 6.88. The Balaban J connectivity index is 1.55. The van der Waals surface area contributed by atoms with E-state index in [0.717, 1.165) is 50.6 Å². The summed E-state index contributed by atoms with van der Waals surface area (Å²) in [4.78, 5) is 2.44. The number of rotatable bonds is 6. The molecule has 3 nitrogen and oxygen atoms in total. The molecular weight excluding hydrogens is 341 g/mol. The van der Waals surface area contributed by atoms with Crippen molar-refractivity contribution >= 4 is 10.8 Å². The predicted molar refractivity (Wildman–Crippen MR) is 106 cm³/mol. The third-order valence-electron chi connectivity index (χ3n) is 5.09. The first kappa shape index (κ1) is 18.0. The molecule has 1 heterocycles. The van der Waals surface area contributed by atoms with Crippen molar-refractivity contribution < 1.29 is 13.9 Å². The van der Waals surface area contributed by atoms with Gasteiger partial charge in [-0.2, -0.15) is 0 Å². The van der Waals surface area contributed by atoms with E-state index < -0.39 is 0 Å². The van der Waals surface area contributed by atoms with E-state index in [9.17, 15) is 4.39 Å². The molecule has 3 aromatic carbocycles. The number of fused-ring (bicyclic) bond motifs is 1. The molecule has 0 amide bonds. The van der Waals surface area contributed by atoms with Crippen molar-refractivity contribution in [3.8, 4) is 5.75 Å². The Kier molecular flexibility index (Phi) is 5.66. The molecule has 1 fully saturated rings. The van der Waals surface area contributed by atoms with Gasteiger partial charge in [-0.3, -0.25) is 4.90 Å². The summed E-state index contributed by atoms with van der Waals surface area (Å²) in [5, 5.41) is 2.46. The molecule has 27 heavy (non-hydrogen) atoms. The van der Waals surface area contributed by atoms with Gasteiger partial charge < -0.3 is 9.47 Å². The van der Waals surface area contributed by atoms with E-state index in [1.807, 2.05) is 0 Å². The Bertz CT molecular complexity index is 889. The van der Waals surface area contributed by atoms with Gasteiger partial charge in [-0.25, -0.2) is 4.39 Å². The lowest BCUT2D eigenvalue weighted by Crippen LogP contribution is -2.37. The highest BCUT2D eigenvalue weighted by molar-refractivity contribution is 5.87. The standard InChI is InChI=1S/C23H24FNO2/c24-20-8-5-18(6-9-20)17-27-23-10-7-19-3-1-2-4-21(19)22(23)11-12-25-13-15-26-16-14-25/h1-10H,11-17H2. The van der Waals surface area contributed by atoms with E-state index in [-0.39, 0.29) is 5.82 Å². The lowest BCUT2D eigenvalue weighted by Gasteiger charge is -2.27. The van der Waals surface area contributed by atoms with Gasteiger partial charge in [0.1, 0.15) is 18.2 Å². The summed E-state index contributed by atoms with van der Waals surface area (Å²) in [7, 11) is 0. The predicted octanol–water partition coefficient (Wildman–Crippen LogP) is 4.43. The first-order chi connectivity index (χ1) is 13.3. The molecule has 0 N–H and O–H groups in total. The van der Waals surface area contributed by atoms with Gasteiger partial charge in [-0.15, -0.1) is 0 Å². The lowest BCUT2D eigenvalue weighted by molar-refractivity contribution is 0.0384. The van der Waals surface area contributed by atoms with Crippen LogP contribution >= 0.6 is 0 Å². The second kappa shape index (κ2) is 8.51. The molecule has 140 valence electrons. The van der Waals surface area contributed by atoms with E-state index in [1.165, 1.54) is 28.5 Å². The topological polar surface area (TPSA) is 21.7 Å². The number of benzene rings is 3. The molecule has 0 bridgehead atoms. The van der Waals surface area contributed by atoms with Gasteiger partial charge in [-0.1, -0.05) is 42.5 Å².